The molecule has 0 unspecified atom stereocenters. The lowest BCUT2D eigenvalue weighted by Crippen LogP contribution is -2.20. The Morgan fingerprint density at radius 3 is 2.46 bits per heavy atom. The molecule has 8 heteroatoms. The molecule has 0 saturated heterocycles. The molecule has 0 heterocycles. The zero-order valence-electron chi connectivity index (χ0n) is 19.8. The van der Waals surface area contributed by atoms with Gasteiger partial charge in [-0.05, 0) is 65.8 Å². The molecule has 1 aliphatic rings. The number of carbonyl (C=O) groups excluding carboxylic acids is 1. The van der Waals surface area contributed by atoms with Gasteiger partial charge in [-0.1, -0.05) is 12.1 Å². The second kappa shape index (κ2) is 10.4. The quantitative estimate of drug-likeness (QED) is 0.333. The summed E-state index contributed by atoms with van der Waals surface area (Å²) in [6, 6.07) is 12.5. The lowest BCUT2D eigenvalue weighted by atomic mass is 9.79. The van der Waals surface area contributed by atoms with E-state index in [2.05, 4.69) is 0 Å². The van der Waals surface area contributed by atoms with Gasteiger partial charge in [0, 0.05) is 11.5 Å². The summed E-state index contributed by atoms with van der Waals surface area (Å²) in [7, 11) is 4.64. The number of hydrogen-bond donors (Lipinski definition) is 0. The summed E-state index contributed by atoms with van der Waals surface area (Å²) in [4.78, 5) is 26.1. The Morgan fingerprint density at radius 1 is 1.03 bits per heavy atom. The highest BCUT2D eigenvalue weighted by Gasteiger charge is 2.32. The molecule has 0 aromatic heterocycles. The SMILES string of the molecule is COc1cc2c(c(OC)c1OC)-c1ccc(SC)c(=O)cc1[C@@H](COC(=O)c1cccc(F)c1)C2. The van der Waals surface area contributed by atoms with Gasteiger partial charge >= 0.3 is 5.97 Å². The topological polar surface area (TPSA) is 71.1 Å². The molecule has 182 valence electrons. The first-order chi connectivity index (χ1) is 16.9. The maximum Gasteiger partial charge on any atom is 0.338 e. The average molecular weight is 497 g/mol. The van der Waals surface area contributed by atoms with Crippen LogP contribution in [0.3, 0.4) is 0 Å². The van der Waals surface area contributed by atoms with Gasteiger partial charge in [-0.15, -0.1) is 11.8 Å². The summed E-state index contributed by atoms with van der Waals surface area (Å²) >= 11 is 1.36. The Bertz CT molecular complexity index is 1340. The molecule has 3 aromatic rings. The van der Waals surface area contributed by atoms with Crippen molar-refractivity contribution in [3.8, 4) is 28.4 Å². The van der Waals surface area contributed by atoms with Crippen LogP contribution >= 0.6 is 11.8 Å². The van der Waals surface area contributed by atoms with Crippen LogP contribution in [-0.2, 0) is 11.2 Å². The van der Waals surface area contributed by atoms with Crippen molar-refractivity contribution in [1.29, 1.82) is 0 Å². The van der Waals surface area contributed by atoms with E-state index in [0.29, 0.717) is 28.6 Å². The Morgan fingerprint density at radius 2 is 1.80 bits per heavy atom. The van der Waals surface area contributed by atoms with Crippen LogP contribution in [0.15, 0.2) is 58.2 Å². The summed E-state index contributed by atoms with van der Waals surface area (Å²) in [6.07, 6.45) is 2.31. The van der Waals surface area contributed by atoms with Crippen molar-refractivity contribution in [2.24, 2.45) is 0 Å². The lowest BCUT2D eigenvalue weighted by Gasteiger charge is -2.29. The number of esters is 1. The maximum absolute atomic E-state index is 13.6. The number of hydrogen-bond acceptors (Lipinski definition) is 7. The van der Waals surface area contributed by atoms with E-state index in [1.807, 2.05) is 18.4 Å². The van der Waals surface area contributed by atoms with E-state index in [4.69, 9.17) is 18.9 Å². The normalized spacial score (nSPS) is 13.9. The summed E-state index contributed by atoms with van der Waals surface area (Å²) in [5.74, 6) is 0.00733. The molecule has 3 aromatic carbocycles. The number of fused-ring (bicyclic) bond motifs is 3. The molecule has 6 nitrogen and oxygen atoms in total. The number of ether oxygens (including phenoxy) is 4. The Labute approximate surface area is 207 Å². The van der Waals surface area contributed by atoms with E-state index in [9.17, 15) is 14.0 Å². The van der Waals surface area contributed by atoms with E-state index < -0.39 is 11.8 Å². The van der Waals surface area contributed by atoms with E-state index in [1.165, 1.54) is 37.1 Å². The fourth-order valence-electron chi connectivity index (χ4n) is 4.42. The maximum atomic E-state index is 13.6. The second-order valence-electron chi connectivity index (χ2n) is 7.97. The van der Waals surface area contributed by atoms with Gasteiger partial charge in [-0.2, -0.15) is 0 Å². The molecular formula is C27H25FO6S. The van der Waals surface area contributed by atoms with Crippen LogP contribution in [0.1, 0.15) is 27.4 Å². The molecule has 0 spiro atoms. The molecule has 35 heavy (non-hydrogen) atoms. The standard InChI is InChI=1S/C27H25FO6S/c1-31-22-12-16-10-17(14-34-27(30)15-6-5-7-18(28)11-15)20-13-21(29)23(35-4)9-8-19(20)24(16)26(33-3)25(22)32-2/h5-9,11-13,17H,10,14H2,1-4H3/t17-/m1/s1. The fraction of sp³-hybridized carbons (Fsp3) is 0.259. The first kappa shape index (κ1) is 24.6. The zero-order chi connectivity index (χ0) is 25.1. The predicted octanol–water partition coefficient (Wildman–Crippen LogP) is 5.10. The predicted molar refractivity (Wildman–Crippen MR) is 133 cm³/mol. The minimum atomic E-state index is -0.630. The molecule has 0 amide bonds. The third kappa shape index (κ3) is 4.71. The van der Waals surface area contributed by atoms with Crippen LogP contribution in [0.2, 0.25) is 0 Å². The number of thioether (sulfide) groups is 1. The number of halogens is 1. The number of rotatable bonds is 7. The molecule has 0 radical (unpaired) electrons. The number of methoxy groups -OCH3 is 3. The van der Waals surface area contributed by atoms with Crippen molar-refractivity contribution in [2.45, 2.75) is 17.2 Å². The molecule has 0 fully saturated rings. The van der Waals surface area contributed by atoms with E-state index in [1.54, 1.807) is 26.4 Å². The third-order valence-electron chi connectivity index (χ3n) is 6.02. The van der Waals surface area contributed by atoms with Gasteiger partial charge in [0.25, 0.3) is 0 Å². The van der Waals surface area contributed by atoms with Crippen molar-refractivity contribution in [3.63, 3.8) is 0 Å². The molecular weight excluding hydrogens is 471 g/mol. The molecule has 1 aliphatic carbocycles. The van der Waals surface area contributed by atoms with Crippen molar-refractivity contribution < 1.29 is 28.1 Å². The monoisotopic (exact) mass is 496 g/mol. The highest BCUT2D eigenvalue weighted by molar-refractivity contribution is 7.98. The van der Waals surface area contributed by atoms with Gasteiger partial charge in [0.1, 0.15) is 5.82 Å². The van der Waals surface area contributed by atoms with Crippen LogP contribution in [-0.4, -0.2) is 40.2 Å². The summed E-state index contributed by atoms with van der Waals surface area (Å²) < 4.78 is 36.0. The highest BCUT2D eigenvalue weighted by Crippen LogP contribution is 2.51. The van der Waals surface area contributed by atoms with Gasteiger partial charge in [0.15, 0.2) is 16.9 Å². The lowest BCUT2D eigenvalue weighted by molar-refractivity contribution is 0.0477. The molecule has 0 bridgehead atoms. The third-order valence-corrected chi connectivity index (χ3v) is 6.80. The van der Waals surface area contributed by atoms with Crippen molar-refractivity contribution in [3.05, 3.63) is 81.3 Å². The number of benzene rings is 2. The Kier molecular flexibility index (Phi) is 7.31. The zero-order valence-corrected chi connectivity index (χ0v) is 20.7. The van der Waals surface area contributed by atoms with Crippen LogP contribution in [0.5, 0.6) is 17.2 Å². The first-order valence-electron chi connectivity index (χ1n) is 10.9. The second-order valence-corrected chi connectivity index (χ2v) is 8.82. The van der Waals surface area contributed by atoms with Gasteiger partial charge < -0.3 is 18.9 Å². The van der Waals surface area contributed by atoms with Gasteiger partial charge in [-0.25, -0.2) is 9.18 Å². The van der Waals surface area contributed by atoms with Gasteiger partial charge in [-0.3, -0.25) is 4.79 Å². The average Bonchev–Trinajstić information content (AvgIpc) is 3.03. The molecule has 4 rings (SSSR count). The van der Waals surface area contributed by atoms with Crippen LogP contribution in [0.25, 0.3) is 11.1 Å². The van der Waals surface area contributed by atoms with Gasteiger partial charge in [0.05, 0.1) is 38.4 Å². The number of carbonyl (C=O) groups is 1. The minimum Gasteiger partial charge on any atom is -0.493 e. The van der Waals surface area contributed by atoms with Gasteiger partial charge in [0.2, 0.25) is 5.75 Å². The highest BCUT2D eigenvalue weighted by atomic mass is 32.2. The smallest absolute Gasteiger partial charge is 0.338 e. The Hall–Kier alpha value is -3.52. The van der Waals surface area contributed by atoms with Crippen LogP contribution < -0.4 is 19.6 Å². The first-order valence-corrected chi connectivity index (χ1v) is 12.1. The van der Waals surface area contributed by atoms with Crippen LogP contribution in [0, 0.1) is 5.82 Å². The van der Waals surface area contributed by atoms with E-state index >= 15 is 0 Å². The van der Waals surface area contributed by atoms with Crippen LogP contribution in [0.4, 0.5) is 4.39 Å². The fourth-order valence-corrected chi connectivity index (χ4v) is 4.89. The van der Waals surface area contributed by atoms with Crippen molar-refractivity contribution >= 4 is 17.7 Å². The Balaban J connectivity index is 1.83. The molecule has 0 aliphatic heterocycles. The van der Waals surface area contributed by atoms with E-state index in [-0.39, 0.29) is 23.5 Å². The van der Waals surface area contributed by atoms with Crippen molar-refractivity contribution in [1.82, 2.24) is 0 Å². The largest absolute Gasteiger partial charge is 0.493 e. The summed E-state index contributed by atoms with van der Waals surface area (Å²) in [5, 5.41) is 0. The molecule has 1 atom stereocenters. The van der Waals surface area contributed by atoms with E-state index in [0.717, 1.165) is 28.3 Å². The van der Waals surface area contributed by atoms with Crippen molar-refractivity contribution in [2.75, 3.05) is 34.2 Å². The minimum absolute atomic E-state index is 0.0104. The summed E-state index contributed by atoms with van der Waals surface area (Å²) in [5.41, 5.74) is 3.23. The molecule has 0 saturated carbocycles. The molecule has 0 N–H and O–H groups in total. The summed E-state index contributed by atoms with van der Waals surface area (Å²) in [6.45, 7) is 0.0104.